The van der Waals surface area contributed by atoms with Crippen LogP contribution < -0.4 is 0 Å². The summed E-state index contributed by atoms with van der Waals surface area (Å²) in [5, 5.41) is 0. The van der Waals surface area contributed by atoms with Crippen LogP contribution in [0.4, 0.5) is 13.2 Å². The smallest absolute Gasteiger partial charge is 0.303 e. The van der Waals surface area contributed by atoms with Gasteiger partial charge in [-0.2, -0.15) is 13.2 Å². The lowest BCUT2D eigenvalue weighted by molar-refractivity contribution is -0.170. The Hall–Kier alpha value is -0.250. The van der Waals surface area contributed by atoms with Crippen LogP contribution in [0, 0.1) is 5.92 Å². The van der Waals surface area contributed by atoms with E-state index in [1.807, 2.05) is 11.8 Å². The summed E-state index contributed by atoms with van der Waals surface area (Å²) < 4.78 is 36.4. The molecule has 0 aromatic rings. The molecule has 1 nitrogen and oxygen atoms in total. The first kappa shape index (κ1) is 9.84. The van der Waals surface area contributed by atoms with Gasteiger partial charge in [-0.3, -0.25) is 0 Å². The van der Waals surface area contributed by atoms with E-state index in [0.29, 0.717) is 6.54 Å². The number of halogens is 3. The number of nitrogens with zero attached hydrogens (tertiary/aromatic N) is 1. The van der Waals surface area contributed by atoms with Gasteiger partial charge >= 0.3 is 6.18 Å². The third-order valence-corrected chi connectivity index (χ3v) is 2.28. The Balaban J connectivity index is 2.35. The van der Waals surface area contributed by atoms with Gasteiger partial charge in [-0.25, -0.2) is 0 Å². The van der Waals surface area contributed by atoms with Gasteiger partial charge in [0.25, 0.3) is 0 Å². The van der Waals surface area contributed by atoms with Gasteiger partial charge in [-0.15, -0.1) is 0 Å². The predicted molar refractivity (Wildman–Crippen MR) is 40.9 cm³/mol. The molecular weight excluding hydrogens is 167 g/mol. The maximum atomic E-state index is 12.1. The molecule has 0 bridgehead atoms. The summed E-state index contributed by atoms with van der Waals surface area (Å²) in [7, 11) is 0. The van der Waals surface area contributed by atoms with E-state index in [4.69, 9.17) is 0 Å². The molecule has 0 N–H and O–H groups in total. The van der Waals surface area contributed by atoms with Gasteiger partial charge in [-0.05, 0) is 25.9 Å². The standard InChI is InChI=1S/C8H14F3N/c1-2-4-12-5-3-7(6-12)8(9,10)11/h7H,2-6H2,1H3. The molecule has 1 aliphatic rings. The van der Waals surface area contributed by atoms with E-state index in [-0.39, 0.29) is 13.0 Å². The highest BCUT2D eigenvalue weighted by Gasteiger charge is 2.43. The monoisotopic (exact) mass is 181 g/mol. The Kier molecular flexibility index (Phi) is 2.99. The predicted octanol–water partition coefficient (Wildman–Crippen LogP) is 2.28. The van der Waals surface area contributed by atoms with E-state index in [9.17, 15) is 13.2 Å². The largest absolute Gasteiger partial charge is 0.393 e. The molecule has 0 amide bonds. The molecule has 1 heterocycles. The van der Waals surface area contributed by atoms with Gasteiger partial charge in [0.2, 0.25) is 0 Å². The molecule has 1 atom stereocenters. The fraction of sp³-hybridized carbons (Fsp3) is 1.00. The average molecular weight is 181 g/mol. The molecule has 1 fully saturated rings. The Morgan fingerprint density at radius 3 is 2.50 bits per heavy atom. The molecule has 0 aromatic heterocycles. The zero-order valence-electron chi connectivity index (χ0n) is 7.19. The van der Waals surface area contributed by atoms with Crippen LogP contribution in [-0.4, -0.2) is 30.7 Å². The van der Waals surface area contributed by atoms with Crippen molar-refractivity contribution in [2.45, 2.75) is 25.9 Å². The van der Waals surface area contributed by atoms with Crippen LogP contribution in [0.15, 0.2) is 0 Å². The normalized spacial score (nSPS) is 26.5. The molecule has 12 heavy (non-hydrogen) atoms. The summed E-state index contributed by atoms with van der Waals surface area (Å²) in [5.74, 6) is -1.08. The maximum absolute atomic E-state index is 12.1. The van der Waals surface area contributed by atoms with E-state index in [1.54, 1.807) is 0 Å². The van der Waals surface area contributed by atoms with E-state index in [0.717, 1.165) is 13.0 Å². The quantitative estimate of drug-likeness (QED) is 0.631. The topological polar surface area (TPSA) is 3.24 Å². The van der Waals surface area contributed by atoms with E-state index in [1.165, 1.54) is 0 Å². The minimum Gasteiger partial charge on any atom is -0.303 e. The molecule has 1 saturated heterocycles. The summed E-state index contributed by atoms with van der Waals surface area (Å²) in [5.41, 5.74) is 0. The van der Waals surface area contributed by atoms with Crippen LogP contribution in [0.2, 0.25) is 0 Å². The number of hydrogen-bond donors (Lipinski definition) is 0. The van der Waals surface area contributed by atoms with Gasteiger partial charge in [0.05, 0.1) is 5.92 Å². The lowest BCUT2D eigenvalue weighted by atomic mass is 10.1. The Morgan fingerprint density at radius 1 is 1.42 bits per heavy atom. The lowest BCUT2D eigenvalue weighted by Gasteiger charge is -2.16. The summed E-state index contributed by atoms with van der Waals surface area (Å²) in [6, 6.07) is 0. The highest BCUT2D eigenvalue weighted by atomic mass is 19.4. The van der Waals surface area contributed by atoms with Crippen LogP contribution in [0.5, 0.6) is 0 Å². The highest BCUT2D eigenvalue weighted by Crippen LogP contribution is 2.33. The molecule has 1 aliphatic heterocycles. The zero-order valence-corrected chi connectivity index (χ0v) is 7.19. The van der Waals surface area contributed by atoms with Gasteiger partial charge in [0.15, 0.2) is 0 Å². The molecule has 0 saturated carbocycles. The Bertz CT molecular complexity index is 144. The molecule has 1 rings (SSSR count). The first-order valence-electron chi connectivity index (χ1n) is 4.33. The molecule has 0 spiro atoms. The fourth-order valence-corrected chi connectivity index (χ4v) is 1.62. The van der Waals surface area contributed by atoms with Gasteiger partial charge in [0, 0.05) is 6.54 Å². The lowest BCUT2D eigenvalue weighted by Crippen LogP contribution is -2.27. The average Bonchev–Trinajstić information content (AvgIpc) is 2.35. The van der Waals surface area contributed by atoms with Crippen LogP contribution in [-0.2, 0) is 0 Å². The van der Waals surface area contributed by atoms with Gasteiger partial charge in [-0.1, -0.05) is 6.92 Å². The Labute approximate surface area is 70.5 Å². The molecule has 72 valence electrons. The fourth-order valence-electron chi connectivity index (χ4n) is 1.62. The number of hydrogen-bond acceptors (Lipinski definition) is 1. The van der Waals surface area contributed by atoms with Crippen molar-refractivity contribution < 1.29 is 13.2 Å². The summed E-state index contributed by atoms with van der Waals surface area (Å²) in [6.07, 6.45) is -2.77. The number of alkyl halides is 3. The first-order valence-corrected chi connectivity index (χ1v) is 4.33. The second kappa shape index (κ2) is 3.64. The van der Waals surface area contributed by atoms with E-state index in [2.05, 4.69) is 0 Å². The highest BCUT2D eigenvalue weighted by molar-refractivity contribution is 4.79. The molecule has 0 aromatic carbocycles. The minimum absolute atomic E-state index is 0.206. The van der Waals surface area contributed by atoms with Crippen LogP contribution in [0.1, 0.15) is 19.8 Å². The van der Waals surface area contributed by atoms with Crippen molar-refractivity contribution in [1.82, 2.24) is 4.90 Å². The van der Waals surface area contributed by atoms with Crippen LogP contribution in [0.3, 0.4) is 0 Å². The summed E-state index contributed by atoms with van der Waals surface area (Å²) >= 11 is 0. The maximum Gasteiger partial charge on any atom is 0.393 e. The minimum atomic E-state index is -3.98. The van der Waals surface area contributed by atoms with Crippen molar-refractivity contribution in [2.75, 3.05) is 19.6 Å². The second-order valence-electron chi connectivity index (χ2n) is 3.33. The number of rotatable bonds is 2. The van der Waals surface area contributed by atoms with Gasteiger partial charge in [0.1, 0.15) is 0 Å². The van der Waals surface area contributed by atoms with Crippen molar-refractivity contribution in [3.05, 3.63) is 0 Å². The van der Waals surface area contributed by atoms with E-state index >= 15 is 0 Å². The molecule has 0 radical (unpaired) electrons. The van der Waals surface area contributed by atoms with Crippen molar-refractivity contribution in [2.24, 2.45) is 5.92 Å². The van der Waals surface area contributed by atoms with Crippen molar-refractivity contribution in [1.29, 1.82) is 0 Å². The molecule has 1 unspecified atom stereocenters. The molecule has 0 aliphatic carbocycles. The number of likely N-dealkylation sites (tertiary alicyclic amines) is 1. The summed E-state index contributed by atoms with van der Waals surface area (Å²) in [6.45, 7) is 3.60. The third kappa shape index (κ3) is 2.37. The summed E-state index contributed by atoms with van der Waals surface area (Å²) in [4.78, 5) is 1.89. The molecule has 4 heteroatoms. The van der Waals surface area contributed by atoms with E-state index < -0.39 is 12.1 Å². The van der Waals surface area contributed by atoms with Gasteiger partial charge < -0.3 is 4.90 Å². The first-order chi connectivity index (χ1) is 5.54. The van der Waals surface area contributed by atoms with Crippen molar-refractivity contribution >= 4 is 0 Å². The Morgan fingerprint density at radius 2 is 2.08 bits per heavy atom. The molecular formula is C8H14F3N. The van der Waals surface area contributed by atoms with Crippen molar-refractivity contribution in [3.63, 3.8) is 0 Å². The second-order valence-corrected chi connectivity index (χ2v) is 3.33. The van der Waals surface area contributed by atoms with Crippen LogP contribution >= 0.6 is 0 Å². The zero-order chi connectivity index (χ0) is 9.19. The van der Waals surface area contributed by atoms with Crippen molar-refractivity contribution in [3.8, 4) is 0 Å². The van der Waals surface area contributed by atoms with Crippen LogP contribution in [0.25, 0.3) is 0 Å². The SMILES string of the molecule is CCCN1CCC(C(F)(F)F)C1. The third-order valence-electron chi connectivity index (χ3n) is 2.28.